The monoisotopic (exact) mass is 390 g/mol. The minimum Gasteiger partial charge on any atom is -0.447 e. The average molecular weight is 392 g/mol. The number of benzene rings is 2. The molecule has 0 unspecified atom stereocenters. The number of hydrogen-bond donors (Lipinski definition) is 0. The Morgan fingerprint density at radius 2 is 1.88 bits per heavy atom. The van der Waals surface area contributed by atoms with Crippen LogP contribution in [0.5, 0.6) is 0 Å². The van der Waals surface area contributed by atoms with E-state index in [9.17, 15) is 4.79 Å². The highest BCUT2D eigenvalue weighted by atomic mass is 35.5. The van der Waals surface area contributed by atoms with Crippen LogP contribution in [0.15, 0.2) is 42.5 Å². The van der Waals surface area contributed by atoms with Gasteiger partial charge in [-0.25, -0.2) is 9.78 Å². The maximum atomic E-state index is 12.3. The lowest BCUT2D eigenvalue weighted by Gasteiger charge is -2.11. The number of pyridine rings is 1. The Bertz CT molecular complexity index is 1030. The molecule has 0 aliphatic rings. The molecule has 3 rings (SSSR count). The Kier molecular flexibility index (Phi) is 5.10. The van der Waals surface area contributed by atoms with E-state index in [1.807, 2.05) is 0 Å². The van der Waals surface area contributed by atoms with Crippen molar-refractivity contribution in [2.24, 2.45) is 0 Å². The van der Waals surface area contributed by atoms with Crippen LogP contribution in [0, 0.1) is 11.3 Å². The number of nitrogens with zero attached hydrogens (tertiary/aromatic N) is 2. The summed E-state index contributed by atoms with van der Waals surface area (Å²) in [6, 6.07) is 13.7. The minimum atomic E-state index is -0.613. The lowest BCUT2D eigenvalue weighted by atomic mass is 10.0. The fourth-order valence-electron chi connectivity index (χ4n) is 2.38. The van der Waals surface area contributed by atoms with Crippen LogP contribution in [0.1, 0.15) is 10.4 Å². The maximum absolute atomic E-state index is 12.3. The van der Waals surface area contributed by atoms with E-state index in [2.05, 4.69) is 4.98 Å². The van der Waals surface area contributed by atoms with E-state index in [0.717, 1.165) is 0 Å². The van der Waals surface area contributed by atoms with Crippen LogP contribution in [0.4, 0.5) is 0 Å². The second-order valence-corrected chi connectivity index (χ2v) is 6.19. The molecular weight excluding hydrogens is 383 g/mol. The first-order valence-corrected chi connectivity index (χ1v) is 8.24. The molecule has 1 aromatic heterocycles. The van der Waals surface area contributed by atoms with E-state index in [4.69, 9.17) is 44.8 Å². The van der Waals surface area contributed by atoms with Crippen LogP contribution in [0.25, 0.3) is 22.2 Å². The molecule has 0 atom stereocenters. The van der Waals surface area contributed by atoms with Gasteiger partial charge in [-0.15, -0.1) is 0 Å². The Balaban J connectivity index is 2.23. The highest BCUT2D eigenvalue weighted by molar-refractivity contribution is 6.49. The van der Waals surface area contributed by atoms with Gasteiger partial charge in [-0.1, -0.05) is 53.0 Å². The zero-order valence-corrected chi connectivity index (χ0v) is 14.9. The van der Waals surface area contributed by atoms with E-state index >= 15 is 0 Å². The molecule has 0 aliphatic heterocycles. The van der Waals surface area contributed by atoms with Gasteiger partial charge in [-0.3, -0.25) is 0 Å². The van der Waals surface area contributed by atoms with Crippen LogP contribution in [-0.4, -0.2) is 17.6 Å². The van der Waals surface area contributed by atoms with Gasteiger partial charge in [0.25, 0.3) is 0 Å². The number of aromatic nitrogens is 1. The summed E-state index contributed by atoms with van der Waals surface area (Å²) in [6.07, 6.45) is 0. The summed E-state index contributed by atoms with van der Waals surface area (Å²) >= 11 is 18.4. The van der Waals surface area contributed by atoms with E-state index < -0.39 is 5.97 Å². The molecule has 0 N–H and O–H groups in total. The lowest BCUT2D eigenvalue weighted by molar-refractivity contribution is 0.0557. The van der Waals surface area contributed by atoms with Gasteiger partial charge in [0, 0.05) is 10.9 Å². The standard InChI is InChI=1S/C18H9Cl3N2O2/c19-13-6-5-11(16(20)17(13)21)15-9-12(18(24)25-8-7-22)10-3-1-2-4-14(10)23-15/h1-6,9H,8H2. The first-order chi connectivity index (χ1) is 12.0. The van der Waals surface area contributed by atoms with Gasteiger partial charge in [0.2, 0.25) is 0 Å². The summed E-state index contributed by atoms with van der Waals surface area (Å²) in [5.41, 5.74) is 1.87. The van der Waals surface area contributed by atoms with Gasteiger partial charge in [-0.2, -0.15) is 5.26 Å². The average Bonchev–Trinajstić information content (AvgIpc) is 2.63. The number of carbonyl (C=O) groups is 1. The third kappa shape index (κ3) is 3.40. The van der Waals surface area contributed by atoms with Crippen molar-refractivity contribution < 1.29 is 9.53 Å². The second kappa shape index (κ2) is 7.28. The highest BCUT2D eigenvalue weighted by Crippen LogP contribution is 2.38. The van der Waals surface area contributed by atoms with Crippen molar-refractivity contribution >= 4 is 51.7 Å². The number of nitriles is 1. The van der Waals surface area contributed by atoms with E-state index in [-0.39, 0.29) is 22.2 Å². The number of esters is 1. The van der Waals surface area contributed by atoms with Crippen molar-refractivity contribution in [2.75, 3.05) is 6.61 Å². The van der Waals surface area contributed by atoms with Crippen molar-refractivity contribution in [1.29, 1.82) is 5.26 Å². The van der Waals surface area contributed by atoms with Crippen molar-refractivity contribution in [2.45, 2.75) is 0 Å². The largest absolute Gasteiger partial charge is 0.447 e. The number of rotatable bonds is 3. The Morgan fingerprint density at radius 3 is 2.64 bits per heavy atom. The Hall–Kier alpha value is -2.32. The zero-order valence-electron chi connectivity index (χ0n) is 12.6. The summed E-state index contributed by atoms with van der Waals surface area (Å²) in [5, 5.41) is 10.0. The molecule has 124 valence electrons. The smallest absolute Gasteiger partial charge is 0.339 e. The fraction of sp³-hybridized carbons (Fsp3) is 0.0556. The quantitative estimate of drug-likeness (QED) is 0.434. The number of ether oxygens (including phenoxy) is 1. The molecule has 0 radical (unpaired) electrons. The molecule has 0 spiro atoms. The molecule has 3 aromatic rings. The molecule has 0 aliphatic carbocycles. The summed E-state index contributed by atoms with van der Waals surface area (Å²) in [5.74, 6) is -0.613. The molecule has 0 saturated heterocycles. The first-order valence-electron chi connectivity index (χ1n) is 7.10. The van der Waals surface area contributed by atoms with Crippen molar-refractivity contribution in [3.63, 3.8) is 0 Å². The number of halogens is 3. The third-order valence-corrected chi connectivity index (χ3v) is 4.81. The molecule has 0 saturated carbocycles. The highest BCUT2D eigenvalue weighted by Gasteiger charge is 2.18. The van der Waals surface area contributed by atoms with Crippen molar-refractivity contribution in [1.82, 2.24) is 4.98 Å². The predicted molar refractivity (Wildman–Crippen MR) is 98.1 cm³/mol. The van der Waals surface area contributed by atoms with Gasteiger partial charge in [0.05, 0.1) is 31.8 Å². The van der Waals surface area contributed by atoms with E-state index in [0.29, 0.717) is 27.2 Å². The van der Waals surface area contributed by atoms with Crippen LogP contribution < -0.4 is 0 Å². The van der Waals surface area contributed by atoms with Gasteiger partial charge >= 0.3 is 5.97 Å². The van der Waals surface area contributed by atoms with Gasteiger partial charge in [0.1, 0.15) is 6.07 Å². The summed E-state index contributed by atoms with van der Waals surface area (Å²) in [7, 11) is 0. The van der Waals surface area contributed by atoms with Crippen LogP contribution in [-0.2, 0) is 4.74 Å². The van der Waals surface area contributed by atoms with Crippen molar-refractivity contribution in [3.05, 3.63) is 63.1 Å². The van der Waals surface area contributed by atoms with E-state index in [1.54, 1.807) is 48.5 Å². The molecule has 2 aromatic carbocycles. The summed E-state index contributed by atoms with van der Waals surface area (Å²) < 4.78 is 4.94. The summed E-state index contributed by atoms with van der Waals surface area (Å²) in [6.45, 7) is -0.335. The molecule has 7 heteroatoms. The van der Waals surface area contributed by atoms with E-state index in [1.165, 1.54) is 0 Å². The number of hydrogen-bond acceptors (Lipinski definition) is 4. The normalized spacial score (nSPS) is 10.5. The zero-order chi connectivity index (χ0) is 18.0. The third-order valence-electron chi connectivity index (χ3n) is 3.52. The SMILES string of the molecule is N#CCOC(=O)c1cc(-c2ccc(Cl)c(Cl)c2Cl)nc2ccccc12. The predicted octanol–water partition coefficient (Wildman–Crippen LogP) is 5.54. The number of carbonyl (C=O) groups excluding carboxylic acids is 1. The Labute approximate surface area is 158 Å². The first kappa shape index (κ1) is 17.5. The lowest BCUT2D eigenvalue weighted by Crippen LogP contribution is -2.07. The van der Waals surface area contributed by atoms with Crippen LogP contribution >= 0.6 is 34.8 Å². The van der Waals surface area contributed by atoms with Gasteiger partial charge in [0.15, 0.2) is 6.61 Å². The van der Waals surface area contributed by atoms with Crippen LogP contribution in [0.2, 0.25) is 15.1 Å². The summed E-state index contributed by atoms with van der Waals surface area (Å²) in [4.78, 5) is 16.9. The van der Waals surface area contributed by atoms with Crippen LogP contribution in [0.3, 0.4) is 0 Å². The number of para-hydroxylation sites is 1. The fourth-order valence-corrected chi connectivity index (χ4v) is 3.01. The molecule has 1 heterocycles. The van der Waals surface area contributed by atoms with Gasteiger partial charge in [-0.05, 0) is 24.3 Å². The molecule has 0 amide bonds. The maximum Gasteiger partial charge on any atom is 0.339 e. The molecule has 4 nitrogen and oxygen atoms in total. The minimum absolute atomic E-state index is 0.212. The molecule has 0 fully saturated rings. The molecular formula is C18H9Cl3N2O2. The Morgan fingerprint density at radius 1 is 1.12 bits per heavy atom. The molecule has 25 heavy (non-hydrogen) atoms. The number of fused-ring (bicyclic) bond motifs is 1. The molecule has 0 bridgehead atoms. The van der Waals surface area contributed by atoms with Crippen molar-refractivity contribution in [3.8, 4) is 17.3 Å². The second-order valence-electron chi connectivity index (χ2n) is 5.03. The topological polar surface area (TPSA) is 63.0 Å². The van der Waals surface area contributed by atoms with Gasteiger partial charge < -0.3 is 4.74 Å².